The minimum atomic E-state index is -0.326. The largest absolute Gasteiger partial charge is 0.396 e. The third-order valence-corrected chi connectivity index (χ3v) is 2.85. The highest BCUT2D eigenvalue weighted by atomic mass is 79.9. The topological polar surface area (TPSA) is 38.1 Å². The number of para-hydroxylation sites is 1. The van der Waals surface area contributed by atoms with Gasteiger partial charge in [0.2, 0.25) is 0 Å². The van der Waals surface area contributed by atoms with Crippen LogP contribution in [0.2, 0.25) is 0 Å². The summed E-state index contributed by atoms with van der Waals surface area (Å²) in [6.45, 7) is 0.0207. The molecule has 16 heavy (non-hydrogen) atoms. The van der Waals surface area contributed by atoms with Crippen LogP contribution in [0.25, 0.3) is 5.69 Å². The van der Waals surface area contributed by atoms with Gasteiger partial charge in [-0.1, -0.05) is 12.1 Å². The lowest BCUT2D eigenvalue weighted by Crippen LogP contribution is -2.00. The highest BCUT2D eigenvalue weighted by Gasteiger charge is 2.09. The molecule has 0 atom stereocenters. The third-order valence-electron chi connectivity index (χ3n) is 2.19. The summed E-state index contributed by atoms with van der Waals surface area (Å²) in [4.78, 5) is 0. The number of aliphatic hydroxyl groups is 1. The van der Waals surface area contributed by atoms with Gasteiger partial charge in [0.1, 0.15) is 11.5 Å². The molecule has 1 aromatic carbocycles. The summed E-state index contributed by atoms with van der Waals surface area (Å²) in [5, 5.41) is 13.0. The molecule has 0 radical (unpaired) electrons. The van der Waals surface area contributed by atoms with Crippen LogP contribution in [0.15, 0.2) is 34.9 Å². The Morgan fingerprint density at radius 3 is 2.81 bits per heavy atom. The van der Waals surface area contributed by atoms with Crippen LogP contribution >= 0.6 is 15.9 Å². The number of hydrogen-bond acceptors (Lipinski definition) is 2. The molecule has 0 fully saturated rings. The molecule has 0 spiro atoms. The van der Waals surface area contributed by atoms with E-state index in [1.165, 1.54) is 10.7 Å². The molecular weight excluding hydrogens is 275 g/mol. The van der Waals surface area contributed by atoms with Gasteiger partial charge in [-0.2, -0.15) is 5.10 Å². The average molecular weight is 285 g/mol. The molecule has 1 heterocycles. The summed E-state index contributed by atoms with van der Waals surface area (Å²) in [6, 6.07) is 6.42. The first-order valence-electron chi connectivity index (χ1n) is 4.82. The van der Waals surface area contributed by atoms with E-state index in [1.807, 2.05) is 0 Å². The van der Waals surface area contributed by atoms with Crippen molar-refractivity contribution in [1.29, 1.82) is 0 Å². The van der Waals surface area contributed by atoms with Crippen LogP contribution in [0, 0.1) is 5.82 Å². The van der Waals surface area contributed by atoms with Crippen molar-refractivity contribution in [3.8, 4) is 5.69 Å². The van der Waals surface area contributed by atoms with Crippen molar-refractivity contribution in [3.63, 3.8) is 0 Å². The Morgan fingerprint density at radius 2 is 2.12 bits per heavy atom. The fourth-order valence-corrected chi connectivity index (χ4v) is 1.90. The highest BCUT2D eigenvalue weighted by molar-refractivity contribution is 9.10. The number of aromatic nitrogens is 2. The van der Waals surface area contributed by atoms with E-state index in [1.54, 1.807) is 24.4 Å². The van der Waals surface area contributed by atoms with Gasteiger partial charge in [-0.3, -0.25) is 0 Å². The molecule has 0 aliphatic carbocycles. The molecule has 2 aromatic rings. The van der Waals surface area contributed by atoms with Crippen LogP contribution in [-0.2, 0) is 6.42 Å². The van der Waals surface area contributed by atoms with Crippen molar-refractivity contribution < 1.29 is 9.50 Å². The lowest BCUT2D eigenvalue weighted by atomic mass is 10.3. The maximum Gasteiger partial charge on any atom is 0.148 e. The molecule has 0 aliphatic heterocycles. The highest BCUT2D eigenvalue weighted by Crippen LogP contribution is 2.19. The van der Waals surface area contributed by atoms with Crippen molar-refractivity contribution >= 4 is 15.9 Å². The van der Waals surface area contributed by atoms with Crippen LogP contribution in [-0.4, -0.2) is 21.5 Å². The summed E-state index contributed by atoms with van der Waals surface area (Å²) >= 11 is 3.32. The molecule has 5 heteroatoms. The fraction of sp³-hybridized carbons (Fsp3) is 0.182. The van der Waals surface area contributed by atoms with Crippen molar-refractivity contribution in [2.24, 2.45) is 0 Å². The normalized spacial score (nSPS) is 10.7. The second-order valence-electron chi connectivity index (χ2n) is 3.29. The minimum absolute atomic E-state index is 0.0207. The smallest absolute Gasteiger partial charge is 0.148 e. The summed E-state index contributed by atoms with van der Waals surface area (Å²) in [5.74, 6) is -0.326. The Bertz CT molecular complexity index is 498. The van der Waals surface area contributed by atoms with E-state index < -0.39 is 0 Å². The van der Waals surface area contributed by atoms with Gasteiger partial charge in [-0.05, 0) is 28.1 Å². The predicted octanol–water partition coefficient (Wildman–Crippen LogP) is 2.31. The van der Waals surface area contributed by atoms with Gasteiger partial charge in [0.15, 0.2) is 0 Å². The molecule has 3 nitrogen and oxygen atoms in total. The Labute approximate surface area is 101 Å². The number of hydrogen-bond donors (Lipinski definition) is 1. The lowest BCUT2D eigenvalue weighted by Gasteiger charge is -2.01. The Hall–Kier alpha value is -1.20. The molecule has 2 rings (SSSR count). The van der Waals surface area contributed by atoms with Gasteiger partial charge in [0.05, 0.1) is 10.2 Å². The van der Waals surface area contributed by atoms with Gasteiger partial charge in [-0.15, -0.1) is 0 Å². The number of benzene rings is 1. The first-order chi connectivity index (χ1) is 7.72. The van der Waals surface area contributed by atoms with E-state index in [-0.39, 0.29) is 12.4 Å². The van der Waals surface area contributed by atoms with Crippen molar-refractivity contribution in [3.05, 3.63) is 46.4 Å². The molecule has 0 bridgehead atoms. The van der Waals surface area contributed by atoms with Crippen molar-refractivity contribution in [2.45, 2.75) is 6.42 Å². The third kappa shape index (κ3) is 2.15. The number of nitrogens with zero attached hydrogens (tertiary/aromatic N) is 2. The Kier molecular flexibility index (Phi) is 3.36. The standard InChI is InChI=1S/C11H10BrFN2O/c12-8-7-15(14-10(8)5-6-16)11-4-2-1-3-9(11)13/h1-4,7,16H,5-6H2. The Balaban J connectivity index is 2.42. The van der Waals surface area contributed by atoms with E-state index in [9.17, 15) is 4.39 Å². The second-order valence-corrected chi connectivity index (χ2v) is 4.15. The van der Waals surface area contributed by atoms with E-state index in [0.29, 0.717) is 17.8 Å². The van der Waals surface area contributed by atoms with E-state index >= 15 is 0 Å². The van der Waals surface area contributed by atoms with Crippen molar-refractivity contribution in [1.82, 2.24) is 9.78 Å². The molecule has 0 saturated heterocycles. The average Bonchev–Trinajstić information content (AvgIpc) is 2.61. The molecule has 0 saturated carbocycles. The van der Waals surface area contributed by atoms with Gasteiger partial charge >= 0.3 is 0 Å². The quantitative estimate of drug-likeness (QED) is 0.939. The molecular formula is C11H10BrFN2O. The minimum Gasteiger partial charge on any atom is -0.396 e. The molecule has 1 aromatic heterocycles. The van der Waals surface area contributed by atoms with Crippen LogP contribution in [0.3, 0.4) is 0 Å². The number of aliphatic hydroxyl groups excluding tert-OH is 1. The lowest BCUT2D eigenvalue weighted by molar-refractivity contribution is 0.298. The summed E-state index contributed by atoms with van der Waals surface area (Å²) in [5.41, 5.74) is 1.11. The zero-order valence-corrected chi connectivity index (χ0v) is 9.98. The van der Waals surface area contributed by atoms with E-state index in [4.69, 9.17) is 5.11 Å². The number of halogens is 2. The van der Waals surface area contributed by atoms with E-state index in [2.05, 4.69) is 21.0 Å². The first kappa shape index (κ1) is 11.3. The van der Waals surface area contributed by atoms with Gasteiger partial charge in [-0.25, -0.2) is 9.07 Å². The number of rotatable bonds is 3. The summed E-state index contributed by atoms with van der Waals surface area (Å²) in [7, 11) is 0. The van der Waals surface area contributed by atoms with Gasteiger partial charge < -0.3 is 5.11 Å². The van der Waals surface area contributed by atoms with Crippen LogP contribution in [0.4, 0.5) is 4.39 Å². The zero-order chi connectivity index (χ0) is 11.5. The fourth-order valence-electron chi connectivity index (χ4n) is 1.42. The summed E-state index contributed by atoms with van der Waals surface area (Å²) in [6.07, 6.45) is 2.13. The maximum atomic E-state index is 13.5. The summed E-state index contributed by atoms with van der Waals surface area (Å²) < 4.78 is 15.7. The second kappa shape index (κ2) is 4.76. The zero-order valence-electron chi connectivity index (χ0n) is 8.40. The Morgan fingerprint density at radius 1 is 1.38 bits per heavy atom. The van der Waals surface area contributed by atoms with Gasteiger partial charge in [0.25, 0.3) is 0 Å². The SMILES string of the molecule is OCCc1nn(-c2ccccc2F)cc1Br. The molecule has 0 aliphatic rings. The maximum absolute atomic E-state index is 13.5. The molecule has 0 amide bonds. The molecule has 0 unspecified atom stereocenters. The van der Waals surface area contributed by atoms with Crippen LogP contribution in [0.1, 0.15) is 5.69 Å². The van der Waals surface area contributed by atoms with Crippen LogP contribution < -0.4 is 0 Å². The molecule has 84 valence electrons. The predicted molar refractivity (Wildman–Crippen MR) is 62.0 cm³/mol. The first-order valence-corrected chi connectivity index (χ1v) is 5.61. The monoisotopic (exact) mass is 284 g/mol. The van der Waals surface area contributed by atoms with E-state index in [0.717, 1.165) is 4.47 Å². The molecule has 1 N–H and O–H groups in total. The van der Waals surface area contributed by atoms with Crippen molar-refractivity contribution in [2.75, 3.05) is 6.61 Å². The van der Waals surface area contributed by atoms with Crippen LogP contribution in [0.5, 0.6) is 0 Å². The van der Waals surface area contributed by atoms with Gasteiger partial charge in [0, 0.05) is 19.2 Å².